The molecule has 1 saturated heterocycles. The molecule has 1 rings (SSSR count). The third-order valence-corrected chi connectivity index (χ3v) is 2.56. The Balaban J connectivity index is -0.000000150. The minimum absolute atomic E-state index is 0. The molecule has 0 bridgehead atoms. The van der Waals surface area contributed by atoms with Gasteiger partial charge in [-0.15, -0.1) is 6.08 Å². The first-order valence-electron chi connectivity index (χ1n) is 5.73. The van der Waals surface area contributed by atoms with E-state index in [2.05, 4.69) is 13.8 Å². The summed E-state index contributed by atoms with van der Waals surface area (Å²) in [4.78, 5) is 0. The van der Waals surface area contributed by atoms with Gasteiger partial charge in [0.2, 0.25) is 0 Å². The van der Waals surface area contributed by atoms with E-state index in [-0.39, 0.29) is 182 Å². The number of hydrogen-bond acceptors (Lipinski definition) is 2. The van der Waals surface area contributed by atoms with Crippen LogP contribution in [0, 0.1) is 0 Å². The molecule has 20 heavy (non-hydrogen) atoms. The Hall–Kier alpha value is 5.14. The molecule has 0 aliphatic carbocycles. The number of rotatable bonds is 4. The molecule has 1 N–H and O–H groups in total. The van der Waals surface area contributed by atoms with Crippen LogP contribution in [-0.4, -0.2) is 24.0 Å². The van der Waals surface area contributed by atoms with Crippen molar-refractivity contribution < 1.29 is 173 Å². The van der Waals surface area contributed by atoms with Crippen LogP contribution in [0.5, 0.6) is 0 Å². The molecule has 5 radical (unpaired) electrons. The Morgan fingerprint density at radius 2 is 1.55 bits per heavy atom. The van der Waals surface area contributed by atoms with Crippen LogP contribution in [0.3, 0.4) is 0 Å². The zero-order valence-electron chi connectivity index (χ0n) is 13.0. The van der Waals surface area contributed by atoms with Gasteiger partial charge in [-0.2, -0.15) is 0 Å². The van der Waals surface area contributed by atoms with Gasteiger partial charge in [0, 0.05) is 164 Å². The smallest absolute Gasteiger partial charge is 0.163 e. The normalized spacial score (nSPS) is 24.2. The van der Waals surface area contributed by atoms with Gasteiger partial charge in [-0.25, -0.2) is 0 Å². The number of ether oxygens (including phenoxy) is 2. The largest absolute Gasteiger partial charge is 0.669 e. The van der Waals surface area contributed by atoms with Crippen LogP contribution in [0.2, 0.25) is 0 Å². The van der Waals surface area contributed by atoms with Crippen molar-refractivity contribution in [1.29, 1.82) is 0 Å². The summed E-state index contributed by atoms with van der Waals surface area (Å²) in [5, 5.41) is 0. The van der Waals surface area contributed by atoms with Crippen molar-refractivity contribution in [2.75, 3.05) is 0 Å². The second-order valence-corrected chi connectivity index (χ2v) is 4.41. The van der Waals surface area contributed by atoms with Gasteiger partial charge < -0.3 is 15.2 Å². The van der Waals surface area contributed by atoms with E-state index in [0.29, 0.717) is 0 Å². The number of nitrogens with one attached hydrogen (secondary N) is 1. The molecule has 3 atom stereocenters. The van der Waals surface area contributed by atoms with Crippen LogP contribution in [0.15, 0.2) is 12.2 Å². The topological polar surface area (TPSA) is 42.3 Å². The monoisotopic (exact) mass is 657 g/mol. The van der Waals surface area contributed by atoms with Crippen molar-refractivity contribution in [3.05, 3.63) is 17.9 Å². The molecule has 3 nitrogen and oxygen atoms in total. The van der Waals surface area contributed by atoms with Gasteiger partial charge in [-0.05, 0) is 26.7 Å². The van der Waals surface area contributed by atoms with E-state index in [1.807, 2.05) is 26.0 Å². The van der Waals surface area contributed by atoms with E-state index < -0.39 is 5.79 Å². The van der Waals surface area contributed by atoms with Gasteiger partial charge in [0.05, 0.1) is 12.2 Å². The average molecular weight is 657 g/mol. The fourth-order valence-electron chi connectivity index (χ4n) is 1.88. The zero-order valence-corrected chi connectivity index (χ0v) is 27.2. The molecule has 1 fully saturated rings. The molecule has 0 spiro atoms. The summed E-state index contributed by atoms with van der Waals surface area (Å²) in [6, 6.07) is -0.323. The van der Waals surface area contributed by atoms with Crippen LogP contribution in [-0.2, 0) is 173 Å². The van der Waals surface area contributed by atoms with Gasteiger partial charge in [0.15, 0.2) is 5.79 Å². The summed E-state index contributed by atoms with van der Waals surface area (Å²) >= 11 is 0. The summed E-state index contributed by atoms with van der Waals surface area (Å²) in [5.41, 5.74) is 7.99. The Kier molecular flexibility index (Phi) is 34.2. The zero-order chi connectivity index (χ0) is 11.5. The van der Waals surface area contributed by atoms with Gasteiger partial charge >= 0.3 is 0 Å². The maximum atomic E-state index is 7.99. The number of hydrogen-bond donors (Lipinski definition) is 0. The molecule has 0 aromatic carbocycles. The van der Waals surface area contributed by atoms with Crippen molar-refractivity contribution in [2.24, 2.45) is 0 Å². The molecule has 1 aliphatic rings. The van der Waals surface area contributed by atoms with E-state index in [1.165, 1.54) is 0 Å². The molecule has 1 heterocycles. The summed E-state index contributed by atoms with van der Waals surface area (Å²) in [5.74, 6) is -0.537. The third kappa shape index (κ3) is 13.4. The molecule has 0 amide bonds. The van der Waals surface area contributed by atoms with Gasteiger partial charge in [-0.3, -0.25) is 0 Å². The summed E-state index contributed by atoms with van der Waals surface area (Å²) in [7, 11) is 0. The number of allylic oxidation sites excluding steroid dienone is 1. The minimum atomic E-state index is -0.537. The SMILES string of the molecule is CC/C=C\[C@H]([NH-])[C@@H]1OC(C)(C)O[C@@H]1CC.[Y].[Y].[Y].[Y].[Y]. The Morgan fingerprint density at radius 3 is 1.95 bits per heavy atom. The Morgan fingerprint density at radius 1 is 1.05 bits per heavy atom. The van der Waals surface area contributed by atoms with Crippen molar-refractivity contribution >= 4 is 0 Å². The summed E-state index contributed by atoms with van der Waals surface area (Å²) < 4.78 is 11.5. The van der Waals surface area contributed by atoms with E-state index in [0.717, 1.165) is 12.8 Å². The van der Waals surface area contributed by atoms with Crippen molar-refractivity contribution in [1.82, 2.24) is 0 Å². The molecular weight excluding hydrogens is 635 g/mol. The fourth-order valence-corrected chi connectivity index (χ4v) is 1.88. The van der Waals surface area contributed by atoms with Crippen molar-refractivity contribution in [2.45, 2.75) is 64.6 Å². The quantitative estimate of drug-likeness (QED) is 0.437. The first-order valence-corrected chi connectivity index (χ1v) is 5.73. The first kappa shape index (κ1) is 36.1. The maximum Gasteiger partial charge on any atom is 0.163 e. The van der Waals surface area contributed by atoms with E-state index in [4.69, 9.17) is 15.2 Å². The predicted molar refractivity (Wildman–Crippen MR) is 61.7 cm³/mol. The van der Waals surface area contributed by atoms with E-state index >= 15 is 0 Å². The minimum Gasteiger partial charge on any atom is -0.669 e. The third-order valence-electron chi connectivity index (χ3n) is 2.56. The summed E-state index contributed by atoms with van der Waals surface area (Å²) in [6.45, 7) is 7.95. The average Bonchev–Trinajstić information content (AvgIpc) is 2.50. The fraction of sp³-hybridized carbons (Fsp3) is 0.833. The second-order valence-electron chi connectivity index (χ2n) is 4.41. The van der Waals surface area contributed by atoms with Crippen molar-refractivity contribution in [3.8, 4) is 0 Å². The maximum absolute atomic E-state index is 7.99. The van der Waals surface area contributed by atoms with Crippen LogP contribution in [0.4, 0.5) is 0 Å². The van der Waals surface area contributed by atoms with Gasteiger partial charge in [-0.1, -0.05) is 26.0 Å². The van der Waals surface area contributed by atoms with E-state index in [1.54, 1.807) is 0 Å². The molecular formula is C12H22NO2Y5-. The Labute approximate surface area is 250 Å². The Bertz CT molecular complexity index is 242. The predicted octanol–water partition coefficient (Wildman–Crippen LogP) is 3.29. The molecule has 0 aromatic heterocycles. The van der Waals surface area contributed by atoms with Crippen LogP contribution in [0.1, 0.15) is 40.5 Å². The van der Waals surface area contributed by atoms with Crippen LogP contribution < -0.4 is 0 Å². The van der Waals surface area contributed by atoms with Crippen molar-refractivity contribution in [3.63, 3.8) is 0 Å². The first-order chi connectivity index (χ1) is 7.00. The standard InChI is InChI=1S/C12H22NO2.5Y/c1-5-7-8-9(13)11-10(6-2)14-12(3,4)15-11;;;;;/h7-11,13H,5-6H2,1-4H3;;;;;/q-1;;;;;/b8-7-;;;;;/t9-,10+,11-;;;;;/m0...../s1. The van der Waals surface area contributed by atoms with E-state index in [9.17, 15) is 0 Å². The molecule has 0 unspecified atom stereocenters. The van der Waals surface area contributed by atoms with Gasteiger partial charge in [0.1, 0.15) is 0 Å². The second kappa shape index (κ2) is 18.9. The molecule has 0 saturated carbocycles. The molecule has 0 aromatic rings. The molecule has 103 valence electrons. The van der Waals surface area contributed by atoms with Crippen LogP contribution >= 0.6 is 0 Å². The molecule has 1 aliphatic heterocycles. The van der Waals surface area contributed by atoms with Crippen LogP contribution in [0.25, 0.3) is 5.73 Å². The summed E-state index contributed by atoms with van der Waals surface area (Å²) in [6.07, 6.45) is 5.68. The molecule has 8 heteroatoms. The van der Waals surface area contributed by atoms with Gasteiger partial charge in [0.25, 0.3) is 0 Å².